The third kappa shape index (κ3) is 2.97. The lowest BCUT2D eigenvalue weighted by molar-refractivity contribution is -0.122. The molecule has 3 aromatic rings. The van der Waals surface area contributed by atoms with Gasteiger partial charge in [0.25, 0.3) is 5.91 Å². The Labute approximate surface area is 157 Å². The van der Waals surface area contributed by atoms with Gasteiger partial charge >= 0.3 is 0 Å². The number of carbonyl (C=O) groups is 1. The molecule has 1 N–H and O–H groups in total. The van der Waals surface area contributed by atoms with Crippen LogP contribution in [-0.2, 0) is 11.2 Å². The Balaban J connectivity index is 1.45. The number of ether oxygens (including phenoxy) is 1. The largest absolute Gasteiger partial charge is 0.480 e. The highest BCUT2D eigenvalue weighted by Gasteiger charge is 2.30. The summed E-state index contributed by atoms with van der Waals surface area (Å²) in [7, 11) is 0. The Morgan fingerprint density at radius 2 is 1.70 bits per heavy atom. The average Bonchev–Trinajstić information content (AvgIpc) is 3.37. The minimum atomic E-state index is -0.540. The molecule has 2 aromatic carbocycles. The third-order valence-electron chi connectivity index (χ3n) is 5.14. The Hall–Kier alpha value is -3.15. The topological polar surface area (TPSA) is 67.4 Å². The predicted octanol–water partition coefficient (Wildman–Crippen LogP) is 3.17. The molecule has 1 fully saturated rings. The quantitative estimate of drug-likeness (QED) is 0.777. The van der Waals surface area contributed by atoms with Crippen LogP contribution < -0.4 is 15.0 Å². The van der Waals surface area contributed by atoms with Crippen LogP contribution in [0.4, 0.5) is 11.6 Å². The molecule has 3 heterocycles. The fourth-order valence-electron chi connectivity index (χ4n) is 3.75. The predicted molar refractivity (Wildman–Crippen MR) is 104 cm³/mol. The lowest BCUT2D eigenvalue weighted by atomic mass is 10.1. The van der Waals surface area contributed by atoms with Gasteiger partial charge in [-0.25, -0.2) is 9.97 Å². The van der Waals surface area contributed by atoms with Gasteiger partial charge in [0.2, 0.25) is 0 Å². The average molecular weight is 360 g/mol. The number of aromatic nitrogens is 2. The number of amides is 1. The fourth-order valence-corrected chi connectivity index (χ4v) is 3.75. The van der Waals surface area contributed by atoms with E-state index in [2.05, 4.69) is 15.2 Å². The zero-order valence-corrected chi connectivity index (χ0v) is 14.9. The first-order chi connectivity index (χ1) is 13.3. The molecular formula is C21H20N4O2. The molecule has 6 nitrogen and oxygen atoms in total. The molecule has 6 heteroatoms. The number of rotatable bonds is 3. The van der Waals surface area contributed by atoms with E-state index in [1.54, 1.807) is 0 Å². The van der Waals surface area contributed by atoms with Crippen LogP contribution in [0, 0.1) is 0 Å². The highest BCUT2D eigenvalue weighted by atomic mass is 16.5. The van der Waals surface area contributed by atoms with Crippen molar-refractivity contribution in [2.24, 2.45) is 0 Å². The van der Waals surface area contributed by atoms with Crippen molar-refractivity contribution in [3.8, 4) is 5.75 Å². The van der Waals surface area contributed by atoms with Crippen molar-refractivity contribution in [3.05, 3.63) is 54.1 Å². The van der Waals surface area contributed by atoms with Gasteiger partial charge in [0, 0.05) is 19.5 Å². The summed E-state index contributed by atoms with van der Waals surface area (Å²) < 4.78 is 5.82. The van der Waals surface area contributed by atoms with Crippen molar-refractivity contribution in [2.75, 3.05) is 23.3 Å². The molecule has 136 valence electrons. The summed E-state index contributed by atoms with van der Waals surface area (Å²) in [5.41, 5.74) is 2.66. The number of hydrogen-bond donors (Lipinski definition) is 1. The maximum absolute atomic E-state index is 12.9. The molecule has 1 aromatic heterocycles. The zero-order valence-electron chi connectivity index (χ0n) is 14.9. The molecule has 27 heavy (non-hydrogen) atoms. The van der Waals surface area contributed by atoms with Crippen LogP contribution in [-0.4, -0.2) is 35.1 Å². The number of anilines is 2. The van der Waals surface area contributed by atoms with Gasteiger partial charge in [0.15, 0.2) is 17.7 Å². The van der Waals surface area contributed by atoms with Crippen LogP contribution in [0.15, 0.2) is 48.5 Å². The van der Waals surface area contributed by atoms with Crippen LogP contribution in [0.25, 0.3) is 11.0 Å². The minimum Gasteiger partial charge on any atom is -0.480 e. The number of nitrogens with one attached hydrogen (secondary N) is 1. The van der Waals surface area contributed by atoms with Gasteiger partial charge in [-0.1, -0.05) is 30.3 Å². The van der Waals surface area contributed by atoms with E-state index in [4.69, 9.17) is 9.72 Å². The van der Waals surface area contributed by atoms with Crippen molar-refractivity contribution in [2.45, 2.75) is 25.4 Å². The second kappa shape index (κ2) is 6.54. The molecule has 1 saturated heterocycles. The second-order valence-electron chi connectivity index (χ2n) is 6.99. The molecule has 0 saturated carbocycles. The van der Waals surface area contributed by atoms with Crippen molar-refractivity contribution < 1.29 is 9.53 Å². The first-order valence-electron chi connectivity index (χ1n) is 9.35. The van der Waals surface area contributed by atoms with Gasteiger partial charge in [-0.05, 0) is 36.6 Å². The van der Waals surface area contributed by atoms with Crippen LogP contribution in [0.2, 0.25) is 0 Å². The van der Waals surface area contributed by atoms with Crippen molar-refractivity contribution in [1.29, 1.82) is 0 Å². The molecule has 1 atom stereocenters. The Morgan fingerprint density at radius 3 is 2.48 bits per heavy atom. The van der Waals surface area contributed by atoms with Crippen LogP contribution >= 0.6 is 0 Å². The van der Waals surface area contributed by atoms with Gasteiger partial charge in [-0.3, -0.25) is 4.79 Å². The molecule has 0 spiro atoms. The normalized spacial score (nSPS) is 18.4. The Morgan fingerprint density at radius 1 is 1.00 bits per heavy atom. The van der Waals surface area contributed by atoms with Gasteiger partial charge in [0.05, 0.1) is 11.0 Å². The van der Waals surface area contributed by atoms with Crippen LogP contribution in [0.5, 0.6) is 5.75 Å². The molecule has 2 aliphatic heterocycles. The summed E-state index contributed by atoms with van der Waals surface area (Å²) in [4.78, 5) is 24.5. The first-order valence-corrected chi connectivity index (χ1v) is 9.35. The monoisotopic (exact) mass is 360 g/mol. The number of fused-ring (bicyclic) bond motifs is 2. The van der Waals surface area contributed by atoms with Crippen molar-refractivity contribution in [1.82, 2.24) is 9.97 Å². The molecule has 1 amide bonds. The summed E-state index contributed by atoms with van der Waals surface area (Å²) in [5.74, 6) is 1.86. The maximum atomic E-state index is 12.9. The SMILES string of the molecule is O=C(Nc1nc2ccccc2nc1N1CCCC1)C1Cc2ccccc2O1. The van der Waals surface area contributed by atoms with Gasteiger partial charge in [0.1, 0.15) is 5.75 Å². The van der Waals surface area contributed by atoms with E-state index in [1.807, 2.05) is 48.5 Å². The molecule has 5 rings (SSSR count). The third-order valence-corrected chi connectivity index (χ3v) is 5.14. The maximum Gasteiger partial charge on any atom is 0.267 e. The summed E-state index contributed by atoms with van der Waals surface area (Å²) in [5, 5.41) is 2.98. The zero-order chi connectivity index (χ0) is 18.2. The van der Waals surface area contributed by atoms with Crippen LogP contribution in [0.1, 0.15) is 18.4 Å². The summed E-state index contributed by atoms with van der Waals surface area (Å²) >= 11 is 0. The van der Waals surface area contributed by atoms with E-state index in [0.717, 1.165) is 54.1 Å². The molecule has 2 aliphatic rings. The lowest BCUT2D eigenvalue weighted by Crippen LogP contribution is -2.33. The Bertz CT molecular complexity index is 989. The van der Waals surface area contributed by atoms with Gasteiger partial charge in [-0.15, -0.1) is 0 Å². The summed E-state index contributed by atoms with van der Waals surface area (Å²) in [6.45, 7) is 1.86. The van der Waals surface area contributed by atoms with E-state index in [0.29, 0.717) is 12.2 Å². The second-order valence-corrected chi connectivity index (χ2v) is 6.99. The molecular weight excluding hydrogens is 340 g/mol. The van der Waals surface area contributed by atoms with E-state index < -0.39 is 6.10 Å². The molecule has 0 bridgehead atoms. The Kier molecular flexibility index (Phi) is 3.89. The van der Waals surface area contributed by atoms with Crippen LogP contribution in [0.3, 0.4) is 0 Å². The fraction of sp³-hybridized carbons (Fsp3) is 0.286. The number of hydrogen-bond acceptors (Lipinski definition) is 5. The molecule has 1 unspecified atom stereocenters. The first kappa shape index (κ1) is 16.1. The molecule has 0 aliphatic carbocycles. The molecule has 0 radical (unpaired) electrons. The highest BCUT2D eigenvalue weighted by Crippen LogP contribution is 2.31. The lowest BCUT2D eigenvalue weighted by Gasteiger charge is -2.21. The number of nitrogens with zero attached hydrogens (tertiary/aromatic N) is 3. The van der Waals surface area contributed by atoms with E-state index in [1.165, 1.54) is 0 Å². The van der Waals surface area contributed by atoms with Crippen molar-refractivity contribution in [3.63, 3.8) is 0 Å². The van der Waals surface area contributed by atoms with Crippen molar-refractivity contribution >= 4 is 28.6 Å². The minimum absolute atomic E-state index is 0.184. The van der Waals surface area contributed by atoms with Gasteiger partial charge < -0.3 is 15.0 Å². The van der Waals surface area contributed by atoms with E-state index in [-0.39, 0.29) is 5.91 Å². The van der Waals surface area contributed by atoms with E-state index >= 15 is 0 Å². The smallest absolute Gasteiger partial charge is 0.267 e. The highest BCUT2D eigenvalue weighted by molar-refractivity contribution is 5.97. The number of carbonyl (C=O) groups excluding carboxylic acids is 1. The number of benzene rings is 2. The summed E-state index contributed by atoms with van der Waals surface area (Å²) in [6, 6.07) is 15.5. The van der Waals surface area contributed by atoms with Gasteiger partial charge in [-0.2, -0.15) is 0 Å². The van der Waals surface area contributed by atoms with E-state index in [9.17, 15) is 4.79 Å². The standard InChI is InChI=1S/C21H20N4O2/c26-21(18-13-14-7-1-4-10-17(14)27-18)24-19-20(25-11-5-6-12-25)23-16-9-3-2-8-15(16)22-19/h1-4,7-10,18H,5-6,11-13H2,(H,22,24,26). The number of para-hydroxylation sites is 3. The summed E-state index contributed by atoms with van der Waals surface area (Å²) in [6.07, 6.45) is 2.29.